The van der Waals surface area contributed by atoms with Crippen LogP contribution in [0.5, 0.6) is 0 Å². The second kappa shape index (κ2) is 13.3. The summed E-state index contributed by atoms with van der Waals surface area (Å²) < 4.78 is 19.1. The lowest BCUT2D eigenvalue weighted by Gasteiger charge is -2.32. The Morgan fingerprint density at radius 3 is 1.20 bits per heavy atom. The number of rotatable bonds is 9. The maximum Gasteiger partial charge on any atom is 0.160 e. The number of alkyl halides is 2. The minimum Gasteiger partial charge on any atom is -0.358 e. The average molecular weight is 1060 g/mol. The average Bonchev–Trinajstić information content (AvgIpc) is 2.70. The van der Waals surface area contributed by atoms with Gasteiger partial charge in [-0.3, -0.25) is 0 Å². The molecule has 0 saturated heterocycles. The lowest BCUT2D eigenvalue weighted by Crippen LogP contribution is -2.29. The van der Waals surface area contributed by atoms with Crippen molar-refractivity contribution in [3.63, 3.8) is 0 Å². The first-order valence-electron chi connectivity index (χ1n) is 8.79. The second-order valence-electron chi connectivity index (χ2n) is 6.62. The fraction of sp³-hybridized carbons (Fsp3) is 0.556. The predicted molar refractivity (Wildman–Crippen MR) is 162 cm³/mol. The van der Waals surface area contributed by atoms with E-state index < -0.39 is 9.02 Å². The van der Waals surface area contributed by atoms with E-state index in [1.165, 1.54) is 0 Å². The summed E-state index contributed by atoms with van der Waals surface area (Å²) in [5, 5.41) is 0. The minimum absolute atomic E-state index is 0.546. The monoisotopic (exact) mass is 1050 g/mol. The molecule has 0 fully saturated rings. The largest absolute Gasteiger partial charge is 0.358 e. The quantitative estimate of drug-likeness (QED) is 0.169. The van der Waals surface area contributed by atoms with Gasteiger partial charge in [-0.05, 0) is 108 Å². The van der Waals surface area contributed by atoms with Gasteiger partial charge in [-0.25, -0.2) is 0 Å². The Morgan fingerprint density at radius 1 is 0.533 bits per heavy atom. The molecule has 0 heterocycles. The first kappa shape index (κ1) is 29.9. The minimum atomic E-state index is -0.546. The molecule has 2 atom stereocenters. The Labute approximate surface area is 261 Å². The first-order chi connectivity index (χ1) is 13.9. The summed E-state index contributed by atoms with van der Waals surface area (Å²) in [6.45, 7) is 1.35. The highest BCUT2D eigenvalue weighted by atomic mass is 79.9. The molecule has 0 saturated carbocycles. The number of hydrogen-bond acceptors (Lipinski definition) is 2. The van der Waals surface area contributed by atoms with E-state index in [9.17, 15) is 0 Å². The van der Waals surface area contributed by atoms with Crippen molar-refractivity contribution in [3.8, 4) is 0 Å². The molecular formula is C18H16Br10O2. The van der Waals surface area contributed by atoms with Crippen molar-refractivity contribution < 1.29 is 9.47 Å². The fourth-order valence-corrected chi connectivity index (χ4v) is 10.2. The van der Waals surface area contributed by atoms with Crippen LogP contribution in [-0.2, 0) is 9.47 Å². The molecular weight excluding hydrogens is 1050 g/mol. The molecule has 2 rings (SSSR count). The molecule has 0 radical (unpaired) electrons. The molecule has 170 valence electrons. The summed E-state index contributed by atoms with van der Waals surface area (Å²) in [4.78, 5) is 0. The van der Waals surface area contributed by atoms with E-state index in [1.54, 1.807) is 0 Å². The molecule has 2 nitrogen and oxygen atoms in total. The number of ether oxygens (including phenoxy) is 2. The zero-order chi connectivity index (χ0) is 22.7. The molecule has 2 aliphatic carbocycles. The first-order valence-corrected chi connectivity index (χ1v) is 16.7. The highest BCUT2D eigenvalue weighted by Gasteiger charge is 2.39. The molecule has 2 aliphatic rings. The van der Waals surface area contributed by atoms with Crippen molar-refractivity contribution in [2.75, 3.05) is 13.2 Å². The fourth-order valence-electron chi connectivity index (χ4n) is 2.72. The summed E-state index contributed by atoms with van der Waals surface area (Å²) in [5.41, 5.74) is 0. The predicted octanol–water partition coefficient (Wildman–Crippen LogP) is 11.6. The van der Waals surface area contributed by atoms with E-state index in [1.807, 2.05) is 0 Å². The van der Waals surface area contributed by atoms with Crippen molar-refractivity contribution >= 4 is 159 Å². The Hall–Kier alpha value is 3.68. The van der Waals surface area contributed by atoms with Crippen LogP contribution in [0.4, 0.5) is 0 Å². The van der Waals surface area contributed by atoms with Gasteiger partial charge in [0.15, 0.2) is 9.02 Å². The van der Waals surface area contributed by atoms with Crippen molar-refractivity contribution in [3.05, 3.63) is 35.9 Å². The maximum absolute atomic E-state index is 6.16. The summed E-state index contributed by atoms with van der Waals surface area (Å²) >= 11 is 36.3. The summed E-state index contributed by atoms with van der Waals surface area (Å²) in [6, 6.07) is 0. The van der Waals surface area contributed by atoms with Gasteiger partial charge in [-0.15, -0.1) is 0 Å². The standard InChI is InChI=1S/C18H16Br10O2/c19-9-7-17(27,15(25)13(23)11(9)21)29-5-3-1-2-4-6-30-18(28)8-10(20)12(22)14(24)16(18)26/h1-8H2. The molecule has 0 aliphatic heterocycles. The molecule has 12 heteroatoms. The van der Waals surface area contributed by atoms with Crippen molar-refractivity contribution in [1.82, 2.24) is 0 Å². The molecule has 30 heavy (non-hydrogen) atoms. The summed E-state index contributed by atoms with van der Waals surface area (Å²) in [7, 11) is 0. The molecule has 0 aromatic carbocycles. The smallest absolute Gasteiger partial charge is 0.160 e. The highest BCUT2D eigenvalue weighted by molar-refractivity contribution is 9.18. The molecule has 0 N–H and O–H groups in total. The Balaban J connectivity index is 1.69. The Bertz CT molecular complexity index is 737. The second-order valence-corrected chi connectivity index (χ2v) is 15.8. The van der Waals surface area contributed by atoms with Gasteiger partial charge >= 0.3 is 0 Å². The van der Waals surface area contributed by atoms with Gasteiger partial charge in [0, 0.05) is 52.9 Å². The summed E-state index contributed by atoms with van der Waals surface area (Å²) in [6.07, 6.45) is 5.57. The zero-order valence-electron chi connectivity index (χ0n) is 15.3. The van der Waals surface area contributed by atoms with Gasteiger partial charge in [0.25, 0.3) is 0 Å². The van der Waals surface area contributed by atoms with Crippen LogP contribution in [0.15, 0.2) is 35.9 Å². The van der Waals surface area contributed by atoms with E-state index in [4.69, 9.17) is 9.47 Å². The van der Waals surface area contributed by atoms with Gasteiger partial charge < -0.3 is 9.47 Å². The number of unbranched alkanes of at least 4 members (excludes halogenated alkanes) is 3. The highest BCUT2D eigenvalue weighted by Crippen LogP contribution is 2.52. The van der Waals surface area contributed by atoms with Gasteiger partial charge in [-0.2, -0.15) is 0 Å². The van der Waals surface area contributed by atoms with E-state index in [2.05, 4.69) is 159 Å². The third-order valence-electron chi connectivity index (χ3n) is 4.37. The number of hydrogen-bond donors (Lipinski definition) is 0. The van der Waals surface area contributed by atoms with Gasteiger partial charge in [-0.1, -0.05) is 76.6 Å². The van der Waals surface area contributed by atoms with Crippen molar-refractivity contribution in [2.24, 2.45) is 0 Å². The maximum atomic E-state index is 6.16. The van der Waals surface area contributed by atoms with Crippen LogP contribution in [0.25, 0.3) is 0 Å². The van der Waals surface area contributed by atoms with Gasteiger partial charge in [0.2, 0.25) is 0 Å². The van der Waals surface area contributed by atoms with Crippen LogP contribution >= 0.6 is 159 Å². The van der Waals surface area contributed by atoms with Gasteiger partial charge in [0.1, 0.15) is 0 Å². The van der Waals surface area contributed by atoms with Crippen LogP contribution in [-0.4, -0.2) is 22.2 Å². The molecule has 0 aromatic rings. The topological polar surface area (TPSA) is 18.5 Å². The van der Waals surface area contributed by atoms with E-state index >= 15 is 0 Å². The summed E-state index contributed by atoms with van der Waals surface area (Å²) in [5.74, 6) is 0. The van der Waals surface area contributed by atoms with Crippen LogP contribution in [0.1, 0.15) is 38.5 Å². The van der Waals surface area contributed by atoms with Crippen LogP contribution in [0.3, 0.4) is 0 Å². The van der Waals surface area contributed by atoms with E-state index in [-0.39, 0.29) is 0 Å². The Kier molecular flexibility index (Phi) is 13.2. The van der Waals surface area contributed by atoms with Crippen LogP contribution in [0.2, 0.25) is 0 Å². The molecule has 0 bridgehead atoms. The lowest BCUT2D eigenvalue weighted by molar-refractivity contribution is 0.0541. The third kappa shape index (κ3) is 7.59. The SMILES string of the molecule is BrC1=C(Br)C(Br)=C(Br)C(Br)(OCCCCCCOC2(Br)CC(Br)=C(Br)C(Br)=C2Br)C1. The van der Waals surface area contributed by atoms with Crippen molar-refractivity contribution in [1.29, 1.82) is 0 Å². The van der Waals surface area contributed by atoms with Gasteiger partial charge in [0.05, 0.1) is 8.96 Å². The third-order valence-corrected chi connectivity index (χ3v) is 17.2. The number of halogens is 10. The zero-order valence-corrected chi connectivity index (χ0v) is 31.1. The van der Waals surface area contributed by atoms with Crippen LogP contribution in [0, 0.1) is 0 Å². The number of allylic oxidation sites excluding steroid dienone is 4. The molecule has 0 amide bonds. The normalized spacial score (nSPS) is 28.2. The molecule has 0 aromatic heterocycles. The van der Waals surface area contributed by atoms with E-state index in [0.29, 0.717) is 26.1 Å². The Morgan fingerprint density at radius 2 is 0.867 bits per heavy atom. The van der Waals surface area contributed by atoms with E-state index in [0.717, 1.165) is 61.5 Å². The van der Waals surface area contributed by atoms with Crippen LogP contribution < -0.4 is 0 Å². The lowest BCUT2D eigenvalue weighted by atomic mass is 10.1. The molecule has 2 unspecified atom stereocenters. The molecule has 0 spiro atoms. The van der Waals surface area contributed by atoms with Crippen molar-refractivity contribution in [2.45, 2.75) is 47.5 Å².